The number of carbonyl (C=O) groups is 1. The lowest BCUT2D eigenvalue weighted by molar-refractivity contribution is -0.148. The minimum atomic E-state index is -0.249. The standard InChI is InChI=1S/C41H58O3/c1-4-6-8-9-10-11-12-13-14-15-16-17-21-33-43-38-31-29-37(30-32-38)40-23-20-19-22-39(40)36-27-25-35(26-28-36)34(3)44-41(42)24-18-7-5-2/h19-20,22-23,25-32,34H,4-18,21,24,33H2,1-3H3. The number of rotatable bonds is 23. The van der Waals surface area contributed by atoms with Gasteiger partial charge in [0.05, 0.1) is 6.61 Å². The van der Waals surface area contributed by atoms with Crippen LogP contribution >= 0.6 is 0 Å². The molecule has 0 saturated heterocycles. The number of ether oxygens (including phenoxy) is 2. The SMILES string of the molecule is CCCCCCCCCCCCCCCOc1ccc(-c2ccccc2-c2ccc(C(C)OC(=O)CCCCC)cc2)cc1. The first-order valence-electron chi connectivity index (χ1n) is 17.7. The number of esters is 1. The second-order valence-corrected chi connectivity index (χ2v) is 12.4. The molecule has 0 bridgehead atoms. The Morgan fingerprint density at radius 3 is 1.55 bits per heavy atom. The minimum Gasteiger partial charge on any atom is -0.494 e. The molecular formula is C41H58O3. The first-order valence-corrected chi connectivity index (χ1v) is 17.7. The lowest BCUT2D eigenvalue weighted by Crippen LogP contribution is -2.08. The van der Waals surface area contributed by atoms with E-state index in [0.717, 1.165) is 49.2 Å². The molecule has 1 unspecified atom stereocenters. The van der Waals surface area contributed by atoms with Crippen molar-refractivity contribution in [3.05, 3.63) is 78.4 Å². The summed E-state index contributed by atoms with van der Waals surface area (Å²) in [5.74, 6) is 0.824. The van der Waals surface area contributed by atoms with Crippen molar-refractivity contribution in [1.29, 1.82) is 0 Å². The van der Waals surface area contributed by atoms with Crippen LogP contribution in [-0.4, -0.2) is 12.6 Å². The Morgan fingerprint density at radius 2 is 1.02 bits per heavy atom. The molecule has 0 heterocycles. The van der Waals surface area contributed by atoms with Crippen LogP contribution in [0.1, 0.15) is 142 Å². The molecule has 0 fully saturated rings. The smallest absolute Gasteiger partial charge is 0.306 e. The molecule has 0 aliphatic rings. The van der Waals surface area contributed by atoms with Crippen LogP contribution in [-0.2, 0) is 9.53 Å². The highest BCUT2D eigenvalue weighted by molar-refractivity contribution is 5.83. The van der Waals surface area contributed by atoms with Gasteiger partial charge in [0.2, 0.25) is 0 Å². The lowest BCUT2D eigenvalue weighted by atomic mass is 9.94. The molecule has 0 amide bonds. The van der Waals surface area contributed by atoms with E-state index in [1.165, 1.54) is 93.7 Å². The first-order chi connectivity index (χ1) is 21.6. The van der Waals surface area contributed by atoms with E-state index in [-0.39, 0.29) is 12.1 Å². The Labute approximate surface area is 268 Å². The quantitative estimate of drug-likeness (QED) is 0.0804. The number of hydrogen-bond donors (Lipinski definition) is 0. The molecule has 0 aliphatic heterocycles. The summed E-state index contributed by atoms with van der Waals surface area (Å²) in [5.41, 5.74) is 5.71. The van der Waals surface area contributed by atoms with Crippen molar-refractivity contribution in [2.75, 3.05) is 6.61 Å². The second kappa shape index (κ2) is 21.6. The molecule has 0 N–H and O–H groups in total. The van der Waals surface area contributed by atoms with Gasteiger partial charge in [-0.15, -0.1) is 0 Å². The first kappa shape index (κ1) is 35.4. The highest BCUT2D eigenvalue weighted by Gasteiger charge is 2.13. The van der Waals surface area contributed by atoms with Gasteiger partial charge < -0.3 is 9.47 Å². The van der Waals surface area contributed by atoms with Gasteiger partial charge in [0, 0.05) is 6.42 Å². The fourth-order valence-electron chi connectivity index (χ4n) is 5.80. The molecule has 0 saturated carbocycles. The molecule has 3 nitrogen and oxygen atoms in total. The van der Waals surface area contributed by atoms with Crippen molar-refractivity contribution in [1.82, 2.24) is 0 Å². The fourth-order valence-corrected chi connectivity index (χ4v) is 5.80. The third-order valence-electron chi connectivity index (χ3n) is 8.59. The van der Waals surface area contributed by atoms with E-state index in [1.807, 2.05) is 6.92 Å². The third kappa shape index (κ3) is 13.3. The van der Waals surface area contributed by atoms with Crippen molar-refractivity contribution >= 4 is 5.97 Å². The molecule has 1 atom stereocenters. The van der Waals surface area contributed by atoms with Crippen molar-refractivity contribution in [3.8, 4) is 28.0 Å². The molecule has 3 aromatic rings. The highest BCUT2D eigenvalue weighted by atomic mass is 16.5. The predicted octanol–water partition coefficient (Wildman–Crippen LogP) is 12.7. The molecule has 0 aromatic heterocycles. The Balaban J connectivity index is 1.39. The Bertz CT molecular complexity index is 1170. The van der Waals surface area contributed by atoms with E-state index >= 15 is 0 Å². The van der Waals surface area contributed by atoms with E-state index in [1.54, 1.807) is 0 Å². The maximum atomic E-state index is 12.2. The molecule has 3 heteroatoms. The summed E-state index contributed by atoms with van der Waals surface area (Å²) >= 11 is 0. The van der Waals surface area contributed by atoms with E-state index in [2.05, 4.69) is 86.6 Å². The third-order valence-corrected chi connectivity index (χ3v) is 8.59. The van der Waals surface area contributed by atoms with Crippen LogP contribution < -0.4 is 4.74 Å². The van der Waals surface area contributed by atoms with Gasteiger partial charge >= 0.3 is 5.97 Å². The van der Waals surface area contributed by atoms with Crippen LogP contribution in [0.3, 0.4) is 0 Å². The van der Waals surface area contributed by atoms with Gasteiger partial charge in [0.1, 0.15) is 11.9 Å². The van der Waals surface area contributed by atoms with Crippen LogP contribution in [0.5, 0.6) is 5.75 Å². The van der Waals surface area contributed by atoms with Crippen molar-refractivity contribution in [2.24, 2.45) is 0 Å². The Hall–Kier alpha value is -3.07. The monoisotopic (exact) mass is 598 g/mol. The number of carbonyl (C=O) groups excluding carboxylic acids is 1. The van der Waals surface area contributed by atoms with Crippen molar-refractivity contribution in [3.63, 3.8) is 0 Å². The molecule has 0 radical (unpaired) electrons. The summed E-state index contributed by atoms with van der Waals surface area (Å²) < 4.78 is 11.7. The van der Waals surface area contributed by atoms with Gasteiger partial charge in [0.25, 0.3) is 0 Å². The van der Waals surface area contributed by atoms with Crippen LogP contribution in [0.4, 0.5) is 0 Å². The summed E-state index contributed by atoms with van der Waals surface area (Å²) in [6.07, 6.45) is 21.0. The van der Waals surface area contributed by atoms with Crippen LogP contribution in [0.2, 0.25) is 0 Å². The lowest BCUT2D eigenvalue weighted by Gasteiger charge is -2.15. The van der Waals surface area contributed by atoms with E-state index in [4.69, 9.17) is 9.47 Å². The highest BCUT2D eigenvalue weighted by Crippen LogP contribution is 2.34. The molecule has 3 aromatic carbocycles. The van der Waals surface area contributed by atoms with Crippen molar-refractivity contribution < 1.29 is 14.3 Å². The normalized spacial score (nSPS) is 11.8. The van der Waals surface area contributed by atoms with E-state index in [0.29, 0.717) is 6.42 Å². The molecule has 0 spiro atoms. The van der Waals surface area contributed by atoms with Gasteiger partial charge in [-0.25, -0.2) is 0 Å². The second-order valence-electron chi connectivity index (χ2n) is 12.4. The maximum Gasteiger partial charge on any atom is 0.306 e. The Morgan fingerprint density at radius 1 is 0.568 bits per heavy atom. The van der Waals surface area contributed by atoms with Crippen LogP contribution in [0.25, 0.3) is 22.3 Å². The molecule has 0 aliphatic carbocycles. The zero-order valence-corrected chi connectivity index (χ0v) is 28.0. The number of hydrogen-bond acceptors (Lipinski definition) is 3. The summed E-state index contributed by atoms with van der Waals surface area (Å²) in [6, 6.07) is 25.4. The minimum absolute atomic E-state index is 0.114. The maximum absolute atomic E-state index is 12.2. The zero-order valence-electron chi connectivity index (χ0n) is 28.0. The predicted molar refractivity (Wildman–Crippen MR) is 187 cm³/mol. The number of unbranched alkanes of at least 4 members (excludes halogenated alkanes) is 14. The van der Waals surface area contributed by atoms with E-state index in [9.17, 15) is 4.79 Å². The summed E-state index contributed by atoms with van der Waals surface area (Å²) in [4.78, 5) is 12.2. The summed E-state index contributed by atoms with van der Waals surface area (Å²) in [7, 11) is 0. The topological polar surface area (TPSA) is 35.5 Å². The average Bonchev–Trinajstić information content (AvgIpc) is 3.05. The van der Waals surface area contributed by atoms with Gasteiger partial charge in [-0.2, -0.15) is 0 Å². The fraction of sp³-hybridized carbons (Fsp3) is 0.537. The van der Waals surface area contributed by atoms with Gasteiger partial charge in [-0.05, 0) is 59.7 Å². The van der Waals surface area contributed by atoms with Crippen molar-refractivity contribution in [2.45, 2.75) is 136 Å². The Kier molecular flexibility index (Phi) is 17.4. The average molecular weight is 599 g/mol. The zero-order chi connectivity index (χ0) is 31.2. The van der Waals surface area contributed by atoms with E-state index < -0.39 is 0 Å². The largest absolute Gasteiger partial charge is 0.494 e. The van der Waals surface area contributed by atoms with Gasteiger partial charge in [-0.3, -0.25) is 4.79 Å². The van der Waals surface area contributed by atoms with Crippen LogP contribution in [0, 0.1) is 0 Å². The van der Waals surface area contributed by atoms with Crippen LogP contribution in [0.15, 0.2) is 72.8 Å². The van der Waals surface area contributed by atoms with Gasteiger partial charge in [0.15, 0.2) is 0 Å². The van der Waals surface area contributed by atoms with Gasteiger partial charge in [-0.1, -0.05) is 164 Å². The molecule has 44 heavy (non-hydrogen) atoms. The molecule has 240 valence electrons. The summed E-state index contributed by atoms with van der Waals surface area (Å²) in [6.45, 7) is 7.15. The summed E-state index contributed by atoms with van der Waals surface area (Å²) in [5, 5.41) is 0. The number of benzene rings is 3. The molecule has 3 rings (SSSR count). The molecular weight excluding hydrogens is 540 g/mol.